The van der Waals surface area contributed by atoms with Gasteiger partial charge in [-0.3, -0.25) is 4.98 Å². The zero-order valence-electron chi connectivity index (χ0n) is 13.7. The summed E-state index contributed by atoms with van der Waals surface area (Å²) in [5.41, 5.74) is 4.46. The van der Waals surface area contributed by atoms with E-state index in [1.807, 2.05) is 44.6 Å². The van der Waals surface area contributed by atoms with Gasteiger partial charge >= 0.3 is 0 Å². The molecule has 23 heavy (non-hydrogen) atoms. The van der Waals surface area contributed by atoms with Gasteiger partial charge in [-0.05, 0) is 47.5 Å². The van der Waals surface area contributed by atoms with Crippen LogP contribution in [0.5, 0.6) is 5.75 Å². The van der Waals surface area contributed by atoms with Crippen molar-refractivity contribution in [2.24, 2.45) is 0 Å². The summed E-state index contributed by atoms with van der Waals surface area (Å²) < 4.78 is 5.32. The first-order chi connectivity index (χ1) is 11.2. The van der Waals surface area contributed by atoms with E-state index in [2.05, 4.69) is 46.3 Å². The van der Waals surface area contributed by atoms with Crippen LogP contribution >= 0.6 is 0 Å². The minimum absolute atomic E-state index is 0.843. The molecule has 0 N–H and O–H groups in total. The summed E-state index contributed by atoms with van der Waals surface area (Å²) in [6, 6.07) is 16.4. The van der Waals surface area contributed by atoms with Crippen LogP contribution in [0.1, 0.15) is 11.1 Å². The van der Waals surface area contributed by atoms with Gasteiger partial charge in [-0.2, -0.15) is 0 Å². The summed E-state index contributed by atoms with van der Waals surface area (Å²) in [5.74, 6) is 0.843. The summed E-state index contributed by atoms with van der Waals surface area (Å²) in [6.07, 6.45) is 6.07. The maximum Gasteiger partial charge on any atom is 0.119 e. The van der Waals surface area contributed by atoms with Crippen molar-refractivity contribution < 1.29 is 4.74 Å². The molecule has 0 saturated carbocycles. The lowest BCUT2D eigenvalue weighted by molar-refractivity contribution is 0.415. The Labute approximate surface area is 136 Å². The highest BCUT2D eigenvalue weighted by atomic mass is 16.5. The highest BCUT2D eigenvalue weighted by molar-refractivity contribution is 5.91. The quantitative estimate of drug-likeness (QED) is 0.710. The highest BCUT2D eigenvalue weighted by Gasteiger charge is 2.01. The topological polar surface area (TPSA) is 25.4 Å². The maximum absolute atomic E-state index is 5.32. The van der Waals surface area contributed by atoms with Gasteiger partial charge in [-0.15, -0.1) is 0 Å². The third-order valence-corrected chi connectivity index (χ3v) is 3.85. The Kier molecular flexibility index (Phi) is 4.29. The number of methoxy groups -OCH3 is 1. The van der Waals surface area contributed by atoms with E-state index < -0.39 is 0 Å². The number of fused-ring (bicyclic) bond motifs is 1. The first kappa shape index (κ1) is 15.1. The molecule has 2 aromatic carbocycles. The average molecular weight is 304 g/mol. The van der Waals surface area contributed by atoms with Crippen molar-refractivity contribution in [3.8, 4) is 5.75 Å². The molecule has 0 bridgehead atoms. The van der Waals surface area contributed by atoms with Crippen molar-refractivity contribution >= 4 is 28.7 Å². The number of hydrogen-bond donors (Lipinski definition) is 0. The van der Waals surface area contributed by atoms with Crippen molar-refractivity contribution in [3.63, 3.8) is 0 Å². The molecule has 1 heterocycles. The second kappa shape index (κ2) is 6.53. The molecule has 1 aromatic heterocycles. The fourth-order valence-electron chi connectivity index (χ4n) is 2.49. The number of pyridine rings is 1. The van der Waals surface area contributed by atoms with Gasteiger partial charge in [0, 0.05) is 31.4 Å². The van der Waals surface area contributed by atoms with Crippen LogP contribution in [0, 0.1) is 0 Å². The summed E-state index contributed by atoms with van der Waals surface area (Å²) in [6.45, 7) is 0. The zero-order valence-corrected chi connectivity index (χ0v) is 13.7. The van der Waals surface area contributed by atoms with Crippen molar-refractivity contribution in [3.05, 3.63) is 65.9 Å². The second-order valence-electron chi connectivity index (χ2n) is 5.60. The molecule has 0 aliphatic heterocycles. The smallest absolute Gasteiger partial charge is 0.119 e. The fraction of sp³-hybridized carbons (Fsp3) is 0.150. The SMILES string of the molecule is COc1ccc2nccc(/C=C/c3ccc(N(C)C)cc3)c2c1. The summed E-state index contributed by atoms with van der Waals surface area (Å²) >= 11 is 0. The molecule has 0 spiro atoms. The van der Waals surface area contributed by atoms with Gasteiger partial charge in [0.1, 0.15) is 5.75 Å². The Bertz CT molecular complexity index is 836. The van der Waals surface area contributed by atoms with Crippen molar-refractivity contribution in [1.29, 1.82) is 0 Å². The Morgan fingerprint density at radius 3 is 2.43 bits per heavy atom. The molecule has 0 atom stereocenters. The molecule has 3 heteroatoms. The van der Waals surface area contributed by atoms with E-state index in [0.29, 0.717) is 0 Å². The molecule has 0 aliphatic carbocycles. The van der Waals surface area contributed by atoms with Crippen LogP contribution in [0.3, 0.4) is 0 Å². The number of anilines is 1. The zero-order chi connectivity index (χ0) is 16.2. The summed E-state index contributed by atoms with van der Waals surface area (Å²) in [7, 11) is 5.77. The van der Waals surface area contributed by atoms with E-state index in [4.69, 9.17) is 4.74 Å². The van der Waals surface area contributed by atoms with Crippen LogP contribution in [0.4, 0.5) is 5.69 Å². The standard InChI is InChI=1S/C20H20N2O/c1-22(2)17-8-5-15(6-9-17)4-7-16-12-13-21-20-11-10-18(23-3)14-19(16)20/h4-14H,1-3H3/b7-4+. The Hall–Kier alpha value is -2.81. The van der Waals surface area contributed by atoms with Crippen LogP contribution in [-0.4, -0.2) is 26.2 Å². The van der Waals surface area contributed by atoms with E-state index in [-0.39, 0.29) is 0 Å². The second-order valence-corrected chi connectivity index (χ2v) is 5.60. The number of rotatable bonds is 4. The Balaban J connectivity index is 1.94. The lowest BCUT2D eigenvalue weighted by Crippen LogP contribution is -2.07. The Morgan fingerprint density at radius 2 is 1.74 bits per heavy atom. The van der Waals surface area contributed by atoms with Crippen LogP contribution in [0.2, 0.25) is 0 Å². The average Bonchev–Trinajstić information content (AvgIpc) is 2.59. The number of aromatic nitrogens is 1. The van der Waals surface area contributed by atoms with Gasteiger partial charge in [0.15, 0.2) is 0 Å². The van der Waals surface area contributed by atoms with Crippen LogP contribution in [0.15, 0.2) is 54.7 Å². The summed E-state index contributed by atoms with van der Waals surface area (Å²) in [4.78, 5) is 6.50. The van der Waals surface area contributed by atoms with Gasteiger partial charge in [-0.25, -0.2) is 0 Å². The minimum Gasteiger partial charge on any atom is -0.497 e. The van der Waals surface area contributed by atoms with Gasteiger partial charge in [-0.1, -0.05) is 24.3 Å². The van der Waals surface area contributed by atoms with Crippen LogP contribution in [-0.2, 0) is 0 Å². The van der Waals surface area contributed by atoms with Gasteiger partial charge < -0.3 is 9.64 Å². The molecule has 3 aromatic rings. The Morgan fingerprint density at radius 1 is 0.957 bits per heavy atom. The maximum atomic E-state index is 5.32. The first-order valence-electron chi connectivity index (χ1n) is 7.55. The van der Waals surface area contributed by atoms with Gasteiger partial charge in [0.25, 0.3) is 0 Å². The predicted octanol–water partition coefficient (Wildman–Crippen LogP) is 4.48. The van der Waals surface area contributed by atoms with Gasteiger partial charge in [0.2, 0.25) is 0 Å². The lowest BCUT2D eigenvalue weighted by Gasteiger charge is -2.11. The van der Waals surface area contributed by atoms with E-state index in [0.717, 1.165) is 22.2 Å². The van der Waals surface area contributed by atoms with Crippen LogP contribution in [0.25, 0.3) is 23.1 Å². The monoisotopic (exact) mass is 304 g/mol. The van der Waals surface area contributed by atoms with Crippen molar-refractivity contribution in [2.75, 3.05) is 26.1 Å². The van der Waals surface area contributed by atoms with Crippen molar-refractivity contribution in [1.82, 2.24) is 4.98 Å². The molecule has 0 aliphatic rings. The molecule has 116 valence electrons. The van der Waals surface area contributed by atoms with Crippen molar-refractivity contribution in [2.45, 2.75) is 0 Å². The molecule has 0 fully saturated rings. The highest BCUT2D eigenvalue weighted by Crippen LogP contribution is 2.24. The van der Waals surface area contributed by atoms with E-state index in [1.54, 1.807) is 7.11 Å². The molecule has 0 saturated heterocycles. The van der Waals surface area contributed by atoms with E-state index >= 15 is 0 Å². The first-order valence-corrected chi connectivity index (χ1v) is 7.55. The molecular weight excluding hydrogens is 284 g/mol. The largest absolute Gasteiger partial charge is 0.497 e. The third kappa shape index (κ3) is 3.34. The van der Waals surface area contributed by atoms with E-state index in [9.17, 15) is 0 Å². The molecule has 3 nitrogen and oxygen atoms in total. The minimum atomic E-state index is 0.843. The molecule has 0 unspecified atom stereocenters. The number of ether oxygens (including phenoxy) is 1. The van der Waals surface area contributed by atoms with Crippen LogP contribution < -0.4 is 9.64 Å². The van der Waals surface area contributed by atoms with Gasteiger partial charge in [0.05, 0.1) is 12.6 Å². The van der Waals surface area contributed by atoms with E-state index in [1.165, 1.54) is 11.3 Å². The number of hydrogen-bond acceptors (Lipinski definition) is 3. The predicted molar refractivity (Wildman–Crippen MR) is 98.0 cm³/mol. The normalized spacial score (nSPS) is 11.1. The fourth-order valence-corrected chi connectivity index (χ4v) is 2.49. The molecule has 3 rings (SSSR count). The molecule has 0 radical (unpaired) electrons. The third-order valence-electron chi connectivity index (χ3n) is 3.85. The lowest BCUT2D eigenvalue weighted by atomic mass is 10.1. The molecule has 0 amide bonds. The summed E-state index contributed by atoms with van der Waals surface area (Å²) in [5, 5.41) is 1.09. The number of benzene rings is 2. The number of nitrogens with zero attached hydrogens (tertiary/aromatic N) is 2. The molecular formula is C20H20N2O.